The van der Waals surface area contributed by atoms with Gasteiger partial charge in [-0.25, -0.2) is 17.1 Å². The van der Waals surface area contributed by atoms with Crippen LogP contribution in [0.25, 0.3) is 0 Å². The zero-order valence-electron chi connectivity index (χ0n) is 11.5. The molecule has 112 valence electrons. The Labute approximate surface area is 119 Å². The van der Waals surface area contributed by atoms with E-state index >= 15 is 0 Å². The van der Waals surface area contributed by atoms with Crippen molar-refractivity contribution in [1.82, 2.24) is 9.29 Å². The van der Waals surface area contributed by atoms with Gasteiger partial charge in [-0.1, -0.05) is 0 Å². The lowest BCUT2D eigenvalue weighted by Crippen LogP contribution is -2.40. The molecule has 1 aliphatic rings. The normalized spacial score (nSPS) is 22.6. The van der Waals surface area contributed by atoms with Gasteiger partial charge in [-0.05, 0) is 36.8 Å². The number of hydrogen-bond donors (Lipinski definition) is 1. The third kappa shape index (κ3) is 3.97. The molecule has 1 aromatic heterocycles. The van der Waals surface area contributed by atoms with Crippen molar-refractivity contribution in [3.8, 4) is 0 Å². The summed E-state index contributed by atoms with van der Waals surface area (Å²) in [6, 6.07) is 1.07. The molecule has 1 fully saturated rings. The van der Waals surface area contributed by atoms with E-state index in [0.29, 0.717) is 25.1 Å². The molecule has 0 aliphatic carbocycles. The first-order valence-electron chi connectivity index (χ1n) is 6.67. The first-order chi connectivity index (χ1) is 9.36. The van der Waals surface area contributed by atoms with Gasteiger partial charge in [-0.15, -0.1) is 0 Å². The Hall–Kier alpha value is -1.05. The number of sulfonamides is 1. The smallest absolute Gasteiger partial charge is 0.211 e. The van der Waals surface area contributed by atoms with E-state index in [-0.39, 0.29) is 12.0 Å². The quantitative estimate of drug-likeness (QED) is 0.909. The fraction of sp³-hybridized carbons (Fsp3) is 0.615. The van der Waals surface area contributed by atoms with E-state index in [1.165, 1.54) is 16.6 Å². The zero-order chi connectivity index (χ0) is 14.8. The molecule has 2 rings (SSSR count). The largest absolute Gasteiger partial charge is 0.324 e. The number of piperidine rings is 1. The summed E-state index contributed by atoms with van der Waals surface area (Å²) in [6.07, 6.45) is 6.35. The van der Waals surface area contributed by atoms with Crippen LogP contribution in [0.4, 0.5) is 4.39 Å². The van der Waals surface area contributed by atoms with Crippen LogP contribution in [0.3, 0.4) is 0 Å². The summed E-state index contributed by atoms with van der Waals surface area (Å²) < 4.78 is 37.8. The molecule has 2 heterocycles. The second kappa shape index (κ2) is 6.15. The monoisotopic (exact) mass is 301 g/mol. The van der Waals surface area contributed by atoms with Crippen LogP contribution in [0, 0.1) is 11.7 Å². The molecule has 2 atom stereocenters. The van der Waals surface area contributed by atoms with Crippen molar-refractivity contribution >= 4 is 10.0 Å². The SMILES string of the molecule is CS(=O)(=O)N1CCCC(CC(N)c2cncc(F)c2)C1. The van der Waals surface area contributed by atoms with Crippen molar-refractivity contribution in [2.45, 2.75) is 25.3 Å². The summed E-state index contributed by atoms with van der Waals surface area (Å²) in [7, 11) is -3.15. The van der Waals surface area contributed by atoms with Gasteiger partial charge in [0.05, 0.1) is 12.5 Å². The van der Waals surface area contributed by atoms with Gasteiger partial charge >= 0.3 is 0 Å². The number of halogens is 1. The van der Waals surface area contributed by atoms with Gasteiger partial charge in [0.2, 0.25) is 10.0 Å². The molecule has 20 heavy (non-hydrogen) atoms. The molecule has 1 aromatic rings. The number of pyridine rings is 1. The van der Waals surface area contributed by atoms with Crippen molar-refractivity contribution in [3.63, 3.8) is 0 Å². The highest BCUT2D eigenvalue weighted by atomic mass is 32.2. The maximum Gasteiger partial charge on any atom is 0.211 e. The minimum Gasteiger partial charge on any atom is -0.324 e. The number of rotatable bonds is 4. The zero-order valence-corrected chi connectivity index (χ0v) is 12.3. The molecule has 0 spiro atoms. The highest BCUT2D eigenvalue weighted by molar-refractivity contribution is 7.88. The summed E-state index contributed by atoms with van der Waals surface area (Å²) in [6.45, 7) is 1.07. The van der Waals surface area contributed by atoms with Gasteiger partial charge in [0.25, 0.3) is 0 Å². The first-order valence-corrected chi connectivity index (χ1v) is 8.52. The van der Waals surface area contributed by atoms with Crippen LogP contribution in [0.5, 0.6) is 0 Å². The van der Waals surface area contributed by atoms with Crippen LogP contribution in [0.1, 0.15) is 30.9 Å². The van der Waals surface area contributed by atoms with Crippen molar-refractivity contribution in [2.24, 2.45) is 11.7 Å². The molecule has 5 nitrogen and oxygen atoms in total. The van der Waals surface area contributed by atoms with Crippen molar-refractivity contribution in [2.75, 3.05) is 19.3 Å². The van der Waals surface area contributed by atoms with Crippen LogP contribution in [-0.2, 0) is 10.0 Å². The third-order valence-corrected chi connectivity index (χ3v) is 4.96. The van der Waals surface area contributed by atoms with Crippen molar-refractivity contribution < 1.29 is 12.8 Å². The molecule has 2 N–H and O–H groups in total. The van der Waals surface area contributed by atoms with E-state index < -0.39 is 15.8 Å². The van der Waals surface area contributed by atoms with E-state index in [4.69, 9.17) is 5.73 Å². The Kier molecular flexibility index (Phi) is 4.72. The molecule has 0 saturated carbocycles. The molecule has 0 aromatic carbocycles. The Morgan fingerprint density at radius 2 is 2.30 bits per heavy atom. The van der Waals surface area contributed by atoms with Crippen molar-refractivity contribution in [3.05, 3.63) is 29.8 Å². The fourth-order valence-electron chi connectivity index (χ4n) is 2.65. The number of hydrogen-bond acceptors (Lipinski definition) is 4. The molecule has 0 amide bonds. The molecular formula is C13H20FN3O2S. The molecule has 1 saturated heterocycles. The number of nitrogens with two attached hydrogens (primary N) is 1. The second-order valence-corrected chi connectivity index (χ2v) is 7.39. The minimum absolute atomic E-state index is 0.205. The predicted octanol–water partition coefficient (Wildman–Crippen LogP) is 1.28. The minimum atomic E-state index is -3.15. The molecule has 7 heteroatoms. The van der Waals surface area contributed by atoms with Gasteiger partial charge in [0.1, 0.15) is 5.82 Å². The predicted molar refractivity (Wildman–Crippen MR) is 74.9 cm³/mol. The summed E-state index contributed by atoms with van der Waals surface area (Å²) in [5, 5.41) is 0. The van der Waals surface area contributed by atoms with Crippen molar-refractivity contribution in [1.29, 1.82) is 0 Å². The van der Waals surface area contributed by atoms with Gasteiger partial charge in [0.15, 0.2) is 0 Å². The number of nitrogens with zero attached hydrogens (tertiary/aromatic N) is 2. The molecule has 2 unspecified atom stereocenters. The van der Waals surface area contributed by atoms with Crippen LogP contribution in [0.2, 0.25) is 0 Å². The molecule has 0 bridgehead atoms. The van der Waals surface area contributed by atoms with Gasteiger partial charge < -0.3 is 5.73 Å². The Bertz CT molecular complexity index is 564. The first kappa shape index (κ1) is 15.3. The maximum atomic E-state index is 13.1. The Balaban J connectivity index is 1.99. The van der Waals surface area contributed by atoms with Gasteiger partial charge in [-0.2, -0.15) is 0 Å². The lowest BCUT2D eigenvalue weighted by molar-refractivity contribution is 0.247. The third-order valence-electron chi connectivity index (χ3n) is 3.69. The highest BCUT2D eigenvalue weighted by Crippen LogP contribution is 2.27. The van der Waals surface area contributed by atoms with Gasteiger partial charge in [0, 0.05) is 25.3 Å². The van der Waals surface area contributed by atoms with E-state index in [1.54, 1.807) is 6.20 Å². The summed E-state index contributed by atoms with van der Waals surface area (Å²) in [4.78, 5) is 3.79. The lowest BCUT2D eigenvalue weighted by Gasteiger charge is -2.32. The lowest BCUT2D eigenvalue weighted by atomic mass is 9.90. The standard InChI is InChI=1S/C13H20FN3O2S/c1-20(18,19)17-4-2-3-10(9-17)5-13(15)11-6-12(14)8-16-7-11/h6-8,10,13H,2-5,9,15H2,1H3. The fourth-order valence-corrected chi connectivity index (χ4v) is 3.59. The van der Waals surface area contributed by atoms with E-state index in [0.717, 1.165) is 19.0 Å². The molecule has 0 radical (unpaired) electrons. The summed E-state index contributed by atoms with van der Waals surface area (Å²) >= 11 is 0. The average Bonchev–Trinajstić information content (AvgIpc) is 2.38. The van der Waals surface area contributed by atoms with Crippen LogP contribution in [0.15, 0.2) is 18.5 Å². The van der Waals surface area contributed by atoms with Gasteiger partial charge in [-0.3, -0.25) is 4.98 Å². The topological polar surface area (TPSA) is 76.3 Å². The van der Waals surface area contributed by atoms with Crippen LogP contribution >= 0.6 is 0 Å². The second-order valence-electron chi connectivity index (χ2n) is 5.41. The van der Waals surface area contributed by atoms with E-state index in [1.807, 2.05) is 0 Å². The Morgan fingerprint density at radius 1 is 1.55 bits per heavy atom. The average molecular weight is 301 g/mol. The molecular weight excluding hydrogens is 281 g/mol. The van der Waals surface area contributed by atoms with E-state index in [9.17, 15) is 12.8 Å². The Morgan fingerprint density at radius 3 is 2.95 bits per heavy atom. The molecule has 1 aliphatic heterocycles. The van der Waals surface area contributed by atoms with Crippen LogP contribution in [-0.4, -0.2) is 37.1 Å². The summed E-state index contributed by atoms with van der Waals surface area (Å²) in [5.74, 6) is -0.198. The van der Waals surface area contributed by atoms with E-state index in [2.05, 4.69) is 4.98 Å². The maximum absolute atomic E-state index is 13.1. The highest BCUT2D eigenvalue weighted by Gasteiger charge is 2.27. The number of aromatic nitrogens is 1. The van der Waals surface area contributed by atoms with Crippen LogP contribution < -0.4 is 5.73 Å². The summed E-state index contributed by atoms with van der Waals surface area (Å²) in [5.41, 5.74) is 6.73.